The number of hydrogen-bond acceptors (Lipinski definition) is 6. The van der Waals surface area contributed by atoms with Gasteiger partial charge in [0.15, 0.2) is 5.69 Å². The number of aryl methyl sites for hydroxylation is 1. The van der Waals surface area contributed by atoms with Gasteiger partial charge in [-0.25, -0.2) is 4.68 Å². The zero-order valence-electron chi connectivity index (χ0n) is 18.7. The van der Waals surface area contributed by atoms with Crippen molar-refractivity contribution in [3.05, 3.63) is 76.2 Å². The molecule has 0 radical (unpaired) electrons. The third-order valence-corrected chi connectivity index (χ3v) is 5.78. The van der Waals surface area contributed by atoms with Crippen molar-refractivity contribution in [1.29, 1.82) is 0 Å². The summed E-state index contributed by atoms with van der Waals surface area (Å²) in [5.74, 6) is -0.859. The van der Waals surface area contributed by atoms with Crippen LogP contribution in [0.25, 0.3) is 10.8 Å². The van der Waals surface area contributed by atoms with E-state index in [0.717, 1.165) is 32.7 Å². The van der Waals surface area contributed by atoms with E-state index >= 15 is 0 Å². The molecule has 0 spiro atoms. The third kappa shape index (κ3) is 5.44. The third-order valence-electron chi connectivity index (χ3n) is 5.78. The maximum atomic E-state index is 12.7. The average Bonchev–Trinajstić information content (AvgIpc) is 2.85. The number of rotatable bonds is 6. The summed E-state index contributed by atoms with van der Waals surface area (Å²) in [5, 5.41) is 5.05. The summed E-state index contributed by atoms with van der Waals surface area (Å²) in [7, 11) is 0. The Bertz CT molecular complexity index is 1190. The molecule has 2 heterocycles. The number of fused-ring (bicyclic) bond motifs is 1. The summed E-state index contributed by atoms with van der Waals surface area (Å²) in [6.07, 6.45) is 0. The van der Waals surface area contributed by atoms with Crippen LogP contribution in [0.3, 0.4) is 0 Å². The standard InChI is InChI=1S/C24H28N6O3/c1-2-30-24(33)20-11-7-6-10-19(20)22(27-30)23(32)26-25-21(31)17-29-14-12-28(13-15-29)16-18-8-4-3-5-9-18/h3-11H,2,12-17H2,1H3,(H,25,31)(H,26,32). The largest absolute Gasteiger partial charge is 0.297 e. The SMILES string of the molecule is CCn1nc(C(=O)NNC(=O)CN2CCN(Cc3ccccc3)CC2)c2ccccc2c1=O. The molecule has 2 N–H and O–H groups in total. The molecule has 0 atom stereocenters. The Kier molecular flexibility index (Phi) is 7.11. The monoisotopic (exact) mass is 448 g/mol. The molecule has 1 saturated heterocycles. The number of benzene rings is 2. The van der Waals surface area contributed by atoms with Crippen molar-refractivity contribution in [1.82, 2.24) is 30.4 Å². The number of carbonyl (C=O) groups is 2. The maximum Gasteiger partial charge on any atom is 0.290 e. The highest BCUT2D eigenvalue weighted by molar-refractivity contribution is 6.05. The van der Waals surface area contributed by atoms with Crippen LogP contribution < -0.4 is 16.4 Å². The number of hydrogen-bond donors (Lipinski definition) is 2. The number of nitrogens with zero attached hydrogens (tertiary/aromatic N) is 4. The van der Waals surface area contributed by atoms with Crippen molar-refractivity contribution in [3.63, 3.8) is 0 Å². The Balaban J connectivity index is 1.30. The molecule has 172 valence electrons. The highest BCUT2D eigenvalue weighted by atomic mass is 16.2. The highest BCUT2D eigenvalue weighted by Gasteiger charge is 2.20. The topological polar surface area (TPSA) is 99.6 Å². The summed E-state index contributed by atoms with van der Waals surface area (Å²) in [5.41, 5.74) is 6.04. The lowest BCUT2D eigenvalue weighted by molar-refractivity contribution is -0.123. The fourth-order valence-electron chi connectivity index (χ4n) is 3.99. The number of hydrazine groups is 1. The summed E-state index contributed by atoms with van der Waals surface area (Å²) >= 11 is 0. The van der Waals surface area contributed by atoms with Gasteiger partial charge in [0.2, 0.25) is 0 Å². The van der Waals surface area contributed by atoms with E-state index in [9.17, 15) is 14.4 Å². The van der Waals surface area contributed by atoms with Crippen LogP contribution in [0, 0.1) is 0 Å². The second-order valence-corrected chi connectivity index (χ2v) is 8.06. The van der Waals surface area contributed by atoms with Gasteiger partial charge >= 0.3 is 0 Å². The smallest absolute Gasteiger partial charge is 0.290 e. The summed E-state index contributed by atoms with van der Waals surface area (Å²) in [6, 6.07) is 17.2. The Hall–Kier alpha value is -3.56. The van der Waals surface area contributed by atoms with Gasteiger partial charge in [-0.2, -0.15) is 5.10 Å². The van der Waals surface area contributed by atoms with E-state index in [4.69, 9.17) is 0 Å². The lowest BCUT2D eigenvalue weighted by Crippen LogP contribution is -2.51. The van der Waals surface area contributed by atoms with Crippen molar-refractivity contribution < 1.29 is 9.59 Å². The fourth-order valence-corrected chi connectivity index (χ4v) is 3.99. The number of nitrogens with one attached hydrogen (secondary N) is 2. The first kappa shape index (κ1) is 22.6. The van der Waals surface area contributed by atoms with Crippen LogP contribution in [0.2, 0.25) is 0 Å². The van der Waals surface area contributed by atoms with E-state index in [1.54, 1.807) is 31.2 Å². The highest BCUT2D eigenvalue weighted by Crippen LogP contribution is 2.13. The van der Waals surface area contributed by atoms with Crippen LogP contribution in [-0.2, 0) is 17.9 Å². The lowest BCUT2D eigenvalue weighted by atomic mass is 10.1. The molecular formula is C24H28N6O3. The minimum absolute atomic E-state index is 0.0990. The second kappa shape index (κ2) is 10.4. The van der Waals surface area contributed by atoms with Crippen molar-refractivity contribution in [2.24, 2.45) is 0 Å². The predicted molar refractivity (Wildman–Crippen MR) is 125 cm³/mol. The molecule has 1 fully saturated rings. The van der Waals surface area contributed by atoms with Crippen LogP contribution in [0.1, 0.15) is 23.0 Å². The quantitative estimate of drug-likeness (QED) is 0.546. The summed E-state index contributed by atoms with van der Waals surface area (Å²) in [4.78, 5) is 42.0. The molecule has 0 aliphatic carbocycles. The van der Waals surface area contributed by atoms with Crippen molar-refractivity contribution in [2.45, 2.75) is 20.0 Å². The molecule has 33 heavy (non-hydrogen) atoms. The summed E-state index contributed by atoms with van der Waals surface area (Å²) in [6.45, 7) is 6.54. The van der Waals surface area contributed by atoms with Crippen LogP contribution >= 0.6 is 0 Å². The number of piperazine rings is 1. The number of carbonyl (C=O) groups excluding carboxylic acids is 2. The summed E-state index contributed by atoms with van der Waals surface area (Å²) < 4.78 is 1.24. The molecule has 2 aromatic carbocycles. The minimum atomic E-state index is -0.561. The zero-order valence-corrected chi connectivity index (χ0v) is 18.7. The molecule has 0 saturated carbocycles. The molecular weight excluding hydrogens is 420 g/mol. The van der Waals surface area contributed by atoms with Gasteiger partial charge in [-0.05, 0) is 18.6 Å². The molecule has 9 nitrogen and oxygen atoms in total. The Morgan fingerprint density at radius 3 is 2.21 bits per heavy atom. The molecule has 0 bridgehead atoms. The van der Waals surface area contributed by atoms with E-state index in [1.165, 1.54) is 10.2 Å². The van der Waals surface area contributed by atoms with Gasteiger partial charge in [0.25, 0.3) is 17.4 Å². The number of amides is 2. The lowest BCUT2D eigenvalue weighted by Gasteiger charge is -2.34. The minimum Gasteiger partial charge on any atom is -0.297 e. The normalized spacial score (nSPS) is 14.8. The van der Waals surface area contributed by atoms with E-state index < -0.39 is 5.91 Å². The molecule has 0 unspecified atom stereocenters. The van der Waals surface area contributed by atoms with Crippen molar-refractivity contribution >= 4 is 22.6 Å². The van der Waals surface area contributed by atoms with Crippen LogP contribution in [0.15, 0.2) is 59.4 Å². The zero-order chi connectivity index (χ0) is 23.2. The Morgan fingerprint density at radius 1 is 0.879 bits per heavy atom. The predicted octanol–water partition coefficient (Wildman–Crippen LogP) is 0.995. The first-order valence-corrected chi connectivity index (χ1v) is 11.1. The van der Waals surface area contributed by atoms with E-state index in [-0.39, 0.29) is 23.7 Å². The van der Waals surface area contributed by atoms with Gasteiger partial charge < -0.3 is 0 Å². The first-order chi connectivity index (χ1) is 16.0. The molecule has 1 aromatic heterocycles. The van der Waals surface area contributed by atoms with E-state index in [2.05, 4.69) is 37.9 Å². The van der Waals surface area contributed by atoms with Crippen LogP contribution in [0.5, 0.6) is 0 Å². The molecule has 4 rings (SSSR count). The van der Waals surface area contributed by atoms with Crippen molar-refractivity contribution in [3.8, 4) is 0 Å². The van der Waals surface area contributed by atoms with E-state index in [1.807, 2.05) is 18.2 Å². The van der Waals surface area contributed by atoms with Crippen molar-refractivity contribution in [2.75, 3.05) is 32.7 Å². The second-order valence-electron chi connectivity index (χ2n) is 8.06. The molecule has 2 amide bonds. The Morgan fingerprint density at radius 2 is 1.52 bits per heavy atom. The molecule has 9 heteroatoms. The fraction of sp³-hybridized carbons (Fsp3) is 0.333. The number of aromatic nitrogens is 2. The van der Waals surface area contributed by atoms with Crippen LogP contribution in [0.4, 0.5) is 0 Å². The van der Waals surface area contributed by atoms with Gasteiger partial charge in [0.05, 0.1) is 11.9 Å². The average molecular weight is 449 g/mol. The Labute approximate surface area is 192 Å². The molecule has 3 aromatic rings. The molecule has 1 aliphatic heterocycles. The van der Waals surface area contributed by atoms with Crippen LogP contribution in [-0.4, -0.2) is 64.1 Å². The first-order valence-electron chi connectivity index (χ1n) is 11.1. The van der Waals surface area contributed by atoms with Gasteiger partial charge in [-0.15, -0.1) is 0 Å². The van der Waals surface area contributed by atoms with Gasteiger partial charge in [-0.1, -0.05) is 48.5 Å². The van der Waals surface area contributed by atoms with Gasteiger partial charge in [0.1, 0.15) is 0 Å². The van der Waals surface area contributed by atoms with Gasteiger partial charge in [0, 0.05) is 44.7 Å². The van der Waals surface area contributed by atoms with Gasteiger partial charge in [-0.3, -0.25) is 35.0 Å². The van der Waals surface area contributed by atoms with E-state index in [0.29, 0.717) is 17.3 Å². The molecule has 1 aliphatic rings. The maximum absolute atomic E-state index is 12.7.